The minimum atomic E-state index is -0.627. The number of carbonyl (C=O) groups excluding carboxylic acids is 1. The van der Waals surface area contributed by atoms with Crippen LogP contribution < -0.4 is 11.1 Å². The van der Waals surface area contributed by atoms with Gasteiger partial charge in [0.1, 0.15) is 5.69 Å². The van der Waals surface area contributed by atoms with E-state index in [-0.39, 0.29) is 18.3 Å². The van der Waals surface area contributed by atoms with Crippen LogP contribution >= 0.6 is 12.4 Å². The molecular weight excluding hydrogens is 290 g/mol. The van der Waals surface area contributed by atoms with Gasteiger partial charge in [-0.25, -0.2) is 4.68 Å². The lowest BCUT2D eigenvalue weighted by molar-refractivity contribution is -0.123. The molecule has 0 aliphatic heterocycles. The normalized spacial score (nSPS) is 12.4. The zero-order chi connectivity index (χ0) is 14.8. The first-order valence-electron chi connectivity index (χ1n) is 6.46. The van der Waals surface area contributed by atoms with Gasteiger partial charge in [0.15, 0.2) is 0 Å². The molecule has 0 fully saturated rings. The van der Waals surface area contributed by atoms with E-state index in [1.165, 1.54) is 0 Å². The molecule has 1 amide bonds. The molecule has 0 aliphatic rings. The maximum absolute atomic E-state index is 11.7. The molecule has 0 unspecified atom stereocenters. The molecule has 1 heterocycles. The van der Waals surface area contributed by atoms with Crippen molar-refractivity contribution < 1.29 is 4.79 Å². The van der Waals surface area contributed by atoms with Gasteiger partial charge in [-0.05, 0) is 32.9 Å². The molecule has 0 bridgehead atoms. The van der Waals surface area contributed by atoms with Gasteiger partial charge in [0.25, 0.3) is 0 Å². The van der Waals surface area contributed by atoms with Crippen LogP contribution in [0.2, 0.25) is 0 Å². The number of aromatic nitrogens is 3. The highest BCUT2D eigenvalue weighted by atomic mass is 35.5. The van der Waals surface area contributed by atoms with Gasteiger partial charge in [-0.2, -0.15) is 0 Å². The smallest absolute Gasteiger partial charge is 0.237 e. The first-order chi connectivity index (χ1) is 9.40. The maximum Gasteiger partial charge on any atom is 0.237 e. The Balaban J connectivity index is 0.00000220. The number of nitrogens with one attached hydrogen (secondary N) is 1. The predicted molar refractivity (Wildman–Crippen MR) is 83.4 cm³/mol. The number of nitrogens with zero attached hydrogens (tertiary/aromatic N) is 3. The number of carbonyl (C=O) groups is 1. The van der Waals surface area contributed by atoms with E-state index >= 15 is 0 Å². The fraction of sp³-hybridized carbons (Fsp3) is 0.357. The summed E-state index contributed by atoms with van der Waals surface area (Å²) in [5, 5.41) is 11.1. The molecule has 0 radical (unpaired) electrons. The molecule has 7 heteroatoms. The van der Waals surface area contributed by atoms with E-state index in [0.29, 0.717) is 5.69 Å². The van der Waals surface area contributed by atoms with Gasteiger partial charge in [-0.15, -0.1) is 17.5 Å². The maximum atomic E-state index is 11.7. The van der Waals surface area contributed by atoms with Crippen molar-refractivity contribution in [2.75, 3.05) is 0 Å². The first-order valence-corrected chi connectivity index (χ1v) is 6.46. The van der Waals surface area contributed by atoms with E-state index in [0.717, 1.165) is 5.69 Å². The summed E-state index contributed by atoms with van der Waals surface area (Å²) >= 11 is 0. The largest absolute Gasteiger partial charge is 0.344 e. The number of benzene rings is 1. The Hall–Kier alpha value is -1.92. The van der Waals surface area contributed by atoms with Crippen LogP contribution in [0.1, 0.15) is 26.5 Å². The second-order valence-electron chi connectivity index (χ2n) is 5.29. The summed E-state index contributed by atoms with van der Waals surface area (Å²) in [6, 6.07) is 9.12. The van der Waals surface area contributed by atoms with Crippen LogP contribution in [-0.4, -0.2) is 26.9 Å². The molecule has 1 aromatic heterocycles. The fourth-order valence-electron chi connectivity index (χ4n) is 1.74. The molecule has 6 nitrogen and oxygen atoms in total. The van der Waals surface area contributed by atoms with Crippen molar-refractivity contribution in [3.63, 3.8) is 0 Å². The van der Waals surface area contributed by atoms with E-state index in [4.69, 9.17) is 5.73 Å². The molecule has 21 heavy (non-hydrogen) atoms. The van der Waals surface area contributed by atoms with Crippen LogP contribution in [0.15, 0.2) is 36.5 Å². The van der Waals surface area contributed by atoms with Crippen molar-refractivity contribution in [1.82, 2.24) is 20.3 Å². The Labute approximate surface area is 130 Å². The molecule has 1 aromatic carbocycles. The average Bonchev–Trinajstić information content (AvgIpc) is 2.89. The van der Waals surface area contributed by atoms with Crippen LogP contribution in [0.25, 0.3) is 5.69 Å². The van der Waals surface area contributed by atoms with Gasteiger partial charge < -0.3 is 11.1 Å². The molecule has 0 spiro atoms. The van der Waals surface area contributed by atoms with E-state index in [2.05, 4.69) is 15.6 Å². The Morgan fingerprint density at radius 2 is 1.95 bits per heavy atom. The lowest BCUT2D eigenvalue weighted by atomic mass is 10.0. The third-order valence-electron chi connectivity index (χ3n) is 3.00. The number of amides is 1. The van der Waals surface area contributed by atoms with Crippen LogP contribution in [0, 0.1) is 0 Å². The zero-order valence-electron chi connectivity index (χ0n) is 12.3. The van der Waals surface area contributed by atoms with Gasteiger partial charge in [-0.3, -0.25) is 4.79 Å². The van der Waals surface area contributed by atoms with Crippen molar-refractivity contribution in [3.05, 3.63) is 42.2 Å². The monoisotopic (exact) mass is 309 g/mol. The second-order valence-corrected chi connectivity index (χ2v) is 5.29. The number of nitrogens with two attached hydrogens (primary N) is 1. The molecule has 0 saturated carbocycles. The summed E-state index contributed by atoms with van der Waals surface area (Å²) in [7, 11) is 0. The highest BCUT2D eigenvalue weighted by Crippen LogP contribution is 2.18. The quantitative estimate of drug-likeness (QED) is 0.893. The molecule has 114 valence electrons. The van der Waals surface area contributed by atoms with Crippen LogP contribution in [-0.2, 0) is 10.3 Å². The van der Waals surface area contributed by atoms with Crippen molar-refractivity contribution in [3.8, 4) is 5.69 Å². The molecule has 1 atom stereocenters. The summed E-state index contributed by atoms with van der Waals surface area (Å²) < 4.78 is 1.68. The van der Waals surface area contributed by atoms with Crippen LogP contribution in [0.3, 0.4) is 0 Å². The number of halogens is 1. The Bertz CT molecular complexity index is 594. The summed E-state index contributed by atoms with van der Waals surface area (Å²) in [5.41, 5.74) is 6.53. The topological polar surface area (TPSA) is 85.8 Å². The first kappa shape index (κ1) is 17.1. The zero-order valence-corrected chi connectivity index (χ0v) is 13.1. The highest BCUT2D eigenvalue weighted by Gasteiger charge is 2.27. The Morgan fingerprint density at radius 1 is 1.33 bits per heavy atom. The van der Waals surface area contributed by atoms with Gasteiger partial charge >= 0.3 is 0 Å². The number of rotatable bonds is 4. The van der Waals surface area contributed by atoms with Gasteiger partial charge in [-0.1, -0.05) is 23.4 Å². The third kappa shape index (κ3) is 4.03. The molecule has 3 N–H and O–H groups in total. The van der Waals surface area contributed by atoms with E-state index in [1.54, 1.807) is 17.8 Å². The van der Waals surface area contributed by atoms with E-state index in [1.807, 2.05) is 44.2 Å². The summed E-state index contributed by atoms with van der Waals surface area (Å²) in [4.78, 5) is 11.7. The number of hydrogen-bond donors (Lipinski definition) is 2. The third-order valence-corrected chi connectivity index (χ3v) is 3.00. The van der Waals surface area contributed by atoms with Crippen LogP contribution in [0.5, 0.6) is 0 Å². The van der Waals surface area contributed by atoms with Gasteiger partial charge in [0.2, 0.25) is 5.91 Å². The molecule has 2 rings (SSSR count). The van der Waals surface area contributed by atoms with Crippen molar-refractivity contribution in [1.29, 1.82) is 0 Å². The standard InChI is InChI=1S/C14H19N5O.ClH/c1-10(15)13(20)16-14(2,3)12-9-19(18-17-12)11-7-5-4-6-8-11;/h4-10H,15H2,1-3H3,(H,16,20);1H/t10-;/m0./s1. The Morgan fingerprint density at radius 3 is 2.52 bits per heavy atom. The summed E-state index contributed by atoms with van der Waals surface area (Å²) in [5.74, 6) is -0.218. The van der Waals surface area contributed by atoms with E-state index < -0.39 is 11.6 Å². The van der Waals surface area contributed by atoms with Crippen LogP contribution in [0.4, 0.5) is 0 Å². The highest BCUT2D eigenvalue weighted by molar-refractivity contribution is 5.85. The van der Waals surface area contributed by atoms with Crippen molar-refractivity contribution in [2.24, 2.45) is 5.73 Å². The minimum absolute atomic E-state index is 0. The molecule has 2 aromatic rings. The molecule has 0 aliphatic carbocycles. The average molecular weight is 310 g/mol. The molecule has 0 saturated heterocycles. The summed E-state index contributed by atoms with van der Waals surface area (Å²) in [6.07, 6.45) is 1.80. The lowest BCUT2D eigenvalue weighted by Gasteiger charge is -2.24. The Kier molecular flexibility index (Phi) is 5.46. The summed E-state index contributed by atoms with van der Waals surface area (Å²) in [6.45, 7) is 5.38. The molecular formula is C14H20ClN5O. The fourth-order valence-corrected chi connectivity index (χ4v) is 1.74. The lowest BCUT2D eigenvalue weighted by Crippen LogP contribution is -2.48. The minimum Gasteiger partial charge on any atom is -0.344 e. The van der Waals surface area contributed by atoms with Gasteiger partial charge in [0.05, 0.1) is 23.5 Å². The predicted octanol–water partition coefficient (Wildman–Crippen LogP) is 1.39. The van der Waals surface area contributed by atoms with Crippen molar-refractivity contribution in [2.45, 2.75) is 32.4 Å². The number of hydrogen-bond acceptors (Lipinski definition) is 4. The van der Waals surface area contributed by atoms with Gasteiger partial charge in [0, 0.05) is 0 Å². The van der Waals surface area contributed by atoms with E-state index in [9.17, 15) is 4.79 Å². The number of para-hydroxylation sites is 1. The van der Waals surface area contributed by atoms with Crippen molar-refractivity contribution >= 4 is 18.3 Å². The SMILES string of the molecule is C[C@H](N)C(=O)NC(C)(C)c1cn(-c2ccccc2)nn1.Cl. The second kappa shape index (κ2) is 6.69.